The van der Waals surface area contributed by atoms with Gasteiger partial charge in [-0.25, -0.2) is 9.78 Å². The van der Waals surface area contributed by atoms with Gasteiger partial charge in [0.05, 0.1) is 0 Å². The molecule has 1 fully saturated rings. The van der Waals surface area contributed by atoms with Crippen molar-refractivity contribution in [1.29, 1.82) is 0 Å². The van der Waals surface area contributed by atoms with Gasteiger partial charge in [0, 0.05) is 46.1 Å². The molecule has 2 amide bonds. The molecule has 1 aliphatic rings. The minimum atomic E-state index is -0.425. The van der Waals surface area contributed by atoms with Crippen molar-refractivity contribution in [3.8, 4) is 16.9 Å². The number of urea groups is 1. The molecule has 3 aromatic rings. The van der Waals surface area contributed by atoms with Crippen LogP contribution in [0.3, 0.4) is 0 Å². The number of carbonyl (C=O) groups excluding carboxylic acids is 1. The van der Waals surface area contributed by atoms with Gasteiger partial charge in [0.1, 0.15) is 6.10 Å². The van der Waals surface area contributed by atoms with E-state index in [0.29, 0.717) is 33.6 Å². The second kappa shape index (κ2) is 11.6. The zero-order valence-corrected chi connectivity index (χ0v) is 21.1. The molecule has 1 aromatic heterocycles. The minimum absolute atomic E-state index is 0.214. The van der Waals surface area contributed by atoms with Gasteiger partial charge in [-0.3, -0.25) is 0 Å². The number of aromatic nitrogens is 1. The van der Waals surface area contributed by atoms with Gasteiger partial charge in [-0.05, 0) is 68.8 Å². The van der Waals surface area contributed by atoms with Gasteiger partial charge in [-0.15, -0.1) is 0 Å². The largest absolute Gasteiger partial charge is 0.482 e. The number of nitrogens with zero attached hydrogens (tertiary/aromatic N) is 2. The van der Waals surface area contributed by atoms with Crippen LogP contribution in [0, 0.1) is 0 Å². The van der Waals surface area contributed by atoms with E-state index in [0.717, 1.165) is 30.8 Å². The van der Waals surface area contributed by atoms with Crippen LogP contribution in [0.5, 0.6) is 5.75 Å². The maximum absolute atomic E-state index is 12.2. The van der Waals surface area contributed by atoms with Crippen molar-refractivity contribution < 1.29 is 9.53 Å². The lowest BCUT2D eigenvalue weighted by atomic mass is 10.1. The highest BCUT2D eigenvalue weighted by Crippen LogP contribution is 2.35. The Morgan fingerprint density at radius 2 is 1.80 bits per heavy atom. The molecule has 1 saturated heterocycles. The molecular formula is C26H29Cl2N5O2. The van der Waals surface area contributed by atoms with Crippen LogP contribution in [0.1, 0.15) is 31.4 Å². The number of ether oxygens (including phenoxy) is 1. The highest BCUT2D eigenvalue weighted by molar-refractivity contribution is 6.36. The quantitative estimate of drug-likeness (QED) is 0.343. The number of halogens is 2. The Bertz CT molecular complexity index is 1150. The molecule has 2 heterocycles. The molecule has 1 unspecified atom stereocenters. The SMILES string of the molecule is CC(Oc1cc(-c2ccc(NC(=O)NCCN3CCCC3)cc2)cnc1N)c1c(Cl)cccc1Cl. The van der Waals surface area contributed by atoms with Gasteiger partial charge in [0.2, 0.25) is 0 Å². The van der Waals surface area contributed by atoms with Crippen LogP contribution >= 0.6 is 23.2 Å². The summed E-state index contributed by atoms with van der Waals surface area (Å²) < 4.78 is 6.08. The fourth-order valence-electron chi connectivity index (χ4n) is 4.11. The van der Waals surface area contributed by atoms with E-state index in [-0.39, 0.29) is 11.8 Å². The third-order valence-electron chi connectivity index (χ3n) is 5.98. The first kappa shape index (κ1) is 25.1. The van der Waals surface area contributed by atoms with Gasteiger partial charge < -0.3 is 26.0 Å². The first-order valence-electron chi connectivity index (χ1n) is 11.6. The normalized spacial score (nSPS) is 14.5. The second-order valence-electron chi connectivity index (χ2n) is 8.51. The molecule has 1 atom stereocenters. The lowest BCUT2D eigenvalue weighted by Crippen LogP contribution is -2.35. The molecule has 1 aliphatic heterocycles. The number of nitrogen functional groups attached to an aromatic ring is 1. The first-order chi connectivity index (χ1) is 16.9. The number of rotatable bonds is 8. The van der Waals surface area contributed by atoms with Crippen molar-refractivity contribution in [1.82, 2.24) is 15.2 Å². The third kappa shape index (κ3) is 6.57. The molecule has 0 bridgehead atoms. The summed E-state index contributed by atoms with van der Waals surface area (Å²) in [7, 11) is 0. The van der Waals surface area contributed by atoms with Crippen LogP contribution in [0.15, 0.2) is 54.7 Å². The first-order valence-corrected chi connectivity index (χ1v) is 12.4. The molecule has 9 heteroatoms. The zero-order valence-electron chi connectivity index (χ0n) is 19.6. The van der Waals surface area contributed by atoms with E-state index >= 15 is 0 Å². The summed E-state index contributed by atoms with van der Waals surface area (Å²) in [4.78, 5) is 18.8. The Balaban J connectivity index is 1.38. The predicted molar refractivity (Wildman–Crippen MR) is 142 cm³/mol. The van der Waals surface area contributed by atoms with Crippen molar-refractivity contribution in [3.63, 3.8) is 0 Å². The molecule has 0 spiro atoms. The second-order valence-corrected chi connectivity index (χ2v) is 9.32. The maximum atomic E-state index is 12.2. The Morgan fingerprint density at radius 1 is 1.11 bits per heavy atom. The van der Waals surface area contributed by atoms with Gasteiger partial charge in [-0.1, -0.05) is 41.4 Å². The fraction of sp³-hybridized carbons (Fsp3) is 0.308. The summed E-state index contributed by atoms with van der Waals surface area (Å²) in [5, 5.41) is 6.82. The number of carbonyl (C=O) groups is 1. The van der Waals surface area contributed by atoms with Gasteiger partial charge in [-0.2, -0.15) is 0 Å². The third-order valence-corrected chi connectivity index (χ3v) is 6.64. The summed E-state index contributed by atoms with van der Waals surface area (Å²) in [6, 6.07) is 14.4. The lowest BCUT2D eigenvalue weighted by molar-refractivity contribution is 0.228. The molecule has 0 aliphatic carbocycles. The summed E-state index contributed by atoms with van der Waals surface area (Å²) >= 11 is 12.6. The molecule has 4 N–H and O–H groups in total. The Morgan fingerprint density at radius 3 is 2.49 bits per heavy atom. The Kier molecular flexibility index (Phi) is 8.33. The molecule has 7 nitrogen and oxygen atoms in total. The van der Waals surface area contributed by atoms with Crippen molar-refractivity contribution in [2.45, 2.75) is 25.9 Å². The van der Waals surface area contributed by atoms with Crippen LogP contribution in [-0.4, -0.2) is 42.1 Å². The predicted octanol–water partition coefficient (Wildman–Crippen LogP) is 5.99. The molecule has 184 valence electrons. The van der Waals surface area contributed by atoms with E-state index in [1.54, 1.807) is 24.4 Å². The molecule has 0 radical (unpaired) electrons. The fourth-order valence-corrected chi connectivity index (χ4v) is 4.82. The van der Waals surface area contributed by atoms with Crippen molar-refractivity contribution in [3.05, 3.63) is 70.3 Å². The standard InChI is InChI=1S/C26H29Cl2N5O2/c1-17(24-21(27)5-4-6-22(24)28)35-23-15-19(16-31-25(23)29)18-7-9-20(10-8-18)32-26(34)30-11-14-33-12-2-3-13-33/h4-10,15-17H,2-3,11-14H2,1H3,(H2,29,31)(H2,30,32,34). The van der Waals surface area contributed by atoms with E-state index in [1.165, 1.54) is 12.8 Å². The van der Waals surface area contributed by atoms with Crippen LogP contribution < -0.4 is 21.1 Å². The number of hydrogen-bond acceptors (Lipinski definition) is 5. The number of nitrogens with two attached hydrogens (primary N) is 1. The molecule has 4 rings (SSSR count). The van der Waals surface area contributed by atoms with Gasteiger partial charge in [0.15, 0.2) is 11.6 Å². The van der Waals surface area contributed by atoms with Gasteiger partial charge >= 0.3 is 6.03 Å². The number of amides is 2. The summed E-state index contributed by atoms with van der Waals surface area (Å²) in [6.45, 7) is 5.59. The topological polar surface area (TPSA) is 92.5 Å². The number of pyridine rings is 1. The number of likely N-dealkylation sites (tertiary alicyclic amines) is 1. The van der Waals surface area contributed by atoms with Crippen LogP contribution in [0.2, 0.25) is 10.0 Å². The van der Waals surface area contributed by atoms with Crippen molar-refractivity contribution in [2.75, 3.05) is 37.2 Å². The molecular weight excluding hydrogens is 485 g/mol. The molecule has 0 saturated carbocycles. The van der Waals surface area contributed by atoms with E-state index in [9.17, 15) is 4.79 Å². The Labute approximate surface area is 215 Å². The number of hydrogen-bond donors (Lipinski definition) is 3. The van der Waals surface area contributed by atoms with E-state index in [1.807, 2.05) is 37.3 Å². The summed E-state index contributed by atoms with van der Waals surface area (Å²) in [6.07, 6.45) is 3.74. The van der Waals surface area contributed by atoms with Crippen LogP contribution in [0.4, 0.5) is 16.3 Å². The van der Waals surface area contributed by atoms with Crippen molar-refractivity contribution in [2.24, 2.45) is 0 Å². The van der Waals surface area contributed by atoms with E-state index in [2.05, 4.69) is 20.5 Å². The molecule has 2 aromatic carbocycles. The van der Waals surface area contributed by atoms with Crippen LogP contribution in [-0.2, 0) is 0 Å². The number of benzene rings is 2. The minimum Gasteiger partial charge on any atom is -0.482 e. The average molecular weight is 514 g/mol. The maximum Gasteiger partial charge on any atom is 0.319 e. The zero-order chi connectivity index (χ0) is 24.8. The van der Waals surface area contributed by atoms with Gasteiger partial charge in [0.25, 0.3) is 0 Å². The van der Waals surface area contributed by atoms with Crippen molar-refractivity contribution >= 4 is 40.7 Å². The number of anilines is 2. The smallest absolute Gasteiger partial charge is 0.319 e. The van der Waals surface area contributed by atoms with E-state index in [4.69, 9.17) is 33.7 Å². The summed E-state index contributed by atoms with van der Waals surface area (Å²) in [5.41, 5.74) is 9.20. The highest BCUT2D eigenvalue weighted by atomic mass is 35.5. The lowest BCUT2D eigenvalue weighted by Gasteiger charge is -2.19. The highest BCUT2D eigenvalue weighted by Gasteiger charge is 2.17. The summed E-state index contributed by atoms with van der Waals surface area (Å²) in [5.74, 6) is 0.707. The molecule has 35 heavy (non-hydrogen) atoms. The average Bonchev–Trinajstić information content (AvgIpc) is 3.34. The monoisotopic (exact) mass is 513 g/mol. The van der Waals surface area contributed by atoms with Crippen LogP contribution in [0.25, 0.3) is 11.1 Å². The van der Waals surface area contributed by atoms with E-state index < -0.39 is 6.10 Å². The number of nitrogens with one attached hydrogen (secondary N) is 2. The Hall–Kier alpha value is -3.00.